The fourth-order valence-electron chi connectivity index (χ4n) is 1.79. The molecule has 1 unspecified atom stereocenters. The summed E-state index contributed by atoms with van der Waals surface area (Å²) in [7, 11) is 0. The lowest BCUT2D eigenvalue weighted by atomic mass is 10.2. The zero-order valence-corrected chi connectivity index (χ0v) is 9.16. The number of amides is 2. The van der Waals surface area contributed by atoms with E-state index in [1.54, 1.807) is 12.3 Å². The minimum Gasteiger partial charge on any atom is -0.467 e. The predicted octanol–water partition coefficient (Wildman–Crippen LogP) is 0.831. The van der Waals surface area contributed by atoms with Gasteiger partial charge in [0, 0.05) is 12.6 Å². The van der Waals surface area contributed by atoms with Gasteiger partial charge in [0.25, 0.3) is 0 Å². The lowest BCUT2D eigenvalue weighted by molar-refractivity contribution is 0.238. The molecule has 3 N–H and O–H groups in total. The van der Waals surface area contributed by atoms with E-state index < -0.39 is 0 Å². The normalized spacial score (nSPS) is 19.6. The van der Waals surface area contributed by atoms with E-state index in [-0.39, 0.29) is 6.03 Å². The molecule has 16 heavy (non-hydrogen) atoms. The summed E-state index contributed by atoms with van der Waals surface area (Å²) in [6, 6.07) is 3.91. The zero-order chi connectivity index (χ0) is 11.2. The molecular weight excluding hydrogens is 206 g/mol. The first-order chi connectivity index (χ1) is 7.84. The van der Waals surface area contributed by atoms with Gasteiger partial charge >= 0.3 is 6.03 Å². The molecule has 1 aliphatic heterocycles. The Labute approximate surface area is 94.6 Å². The van der Waals surface area contributed by atoms with Crippen LogP contribution < -0.4 is 16.0 Å². The molecule has 1 aromatic heterocycles. The minimum atomic E-state index is -0.148. The number of nitrogens with one attached hydrogen (secondary N) is 3. The summed E-state index contributed by atoms with van der Waals surface area (Å²) >= 11 is 0. The first kappa shape index (κ1) is 11.0. The molecule has 1 atom stereocenters. The fraction of sp³-hybridized carbons (Fsp3) is 0.545. The van der Waals surface area contributed by atoms with Crippen LogP contribution >= 0.6 is 0 Å². The average Bonchev–Trinajstić information content (AvgIpc) is 2.96. The molecule has 2 rings (SSSR count). The third kappa shape index (κ3) is 3.27. The van der Waals surface area contributed by atoms with Crippen molar-refractivity contribution in [2.45, 2.75) is 25.4 Å². The van der Waals surface area contributed by atoms with E-state index >= 15 is 0 Å². The molecule has 1 aliphatic rings. The van der Waals surface area contributed by atoms with Crippen LogP contribution in [-0.4, -0.2) is 25.2 Å². The van der Waals surface area contributed by atoms with Crippen molar-refractivity contribution in [2.24, 2.45) is 0 Å². The maximum Gasteiger partial charge on any atom is 0.315 e. The van der Waals surface area contributed by atoms with Crippen LogP contribution in [0.4, 0.5) is 4.79 Å². The molecule has 5 nitrogen and oxygen atoms in total. The van der Waals surface area contributed by atoms with Crippen molar-refractivity contribution in [3.05, 3.63) is 24.2 Å². The Balaban J connectivity index is 1.60. The Bertz CT molecular complexity index is 318. The molecule has 0 aliphatic carbocycles. The SMILES string of the molecule is O=C(NCc1ccco1)NCC1CCCN1. The third-order valence-electron chi connectivity index (χ3n) is 2.67. The summed E-state index contributed by atoms with van der Waals surface area (Å²) in [6.07, 6.45) is 3.93. The third-order valence-corrected chi connectivity index (χ3v) is 2.67. The van der Waals surface area contributed by atoms with Gasteiger partial charge < -0.3 is 20.4 Å². The highest BCUT2D eigenvalue weighted by molar-refractivity contribution is 5.73. The van der Waals surface area contributed by atoms with Crippen molar-refractivity contribution < 1.29 is 9.21 Å². The topological polar surface area (TPSA) is 66.3 Å². The molecule has 1 fully saturated rings. The van der Waals surface area contributed by atoms with Crippen molar-refractivity contribution in [3.8, 4) is 0 Å². The van der Waals surface area contributed by atoms with Crippen LogP contribution in [-0.2, 0) is 6.54 Å². The van der Waals surface area contributed by atoms with Gasteiger partial charge in [-0.1, -0.05) is 0 Å². The Morgan fingerprint density at radius 1 is 1.56 bits per heavy atom. The highest BCUT2D eigenvalue weighted by atomic mass is 16.3. The molecule has 1 saturated heterocycles. The number of rotatable bonds is 4. The van der Waals surface area contributed by atoms with Gasteiger partial charge in [0.2, 0.25) is 0 Å². The van der Waals surface area contributed by atoms with E-state index in [1.807, 2.05) is 6.07 Å². The van der Waals surface area contributed by atoms with Crippen LogP contribution in [0, 0.1) is 0 Å². The van der Waals surface area contributed by atoms with Gasteiger partial charge in [-0.25, -0.2) is 4.79 Å². The number of hydrogen-bond donors (Lipinski definition) is 3. The Hall–Kier alpha value is -1.49. The predicted molar refractivity (Wildman–Crippen MR) is 60.0 cm³/mol. The number of hydrogen-bond acceptors (Lipinski definition) is 3. The Kier molecular flexibility index (Phi) is 3.82. The summed E-state index contributed by atoms with van der Waals surface area (Å²) in [5, 5.41) is 8.89. The number of carbonyl (C=O) groups excluding carboxylic acids is 1. The van der Waals surface area contributed by atoms with E-state index in [0.717, 1.165) is 18.7 Å². The smallest absolute Gasteiger partial charge is 0.315 e. The molecular formula is C11H17N3O2. The number of urea groups is 1. The average molecular weight is 223 g/mol. The van der Waals surface area contributed by atoms with Gasteiger partial charge in [-0.2, -0.15) is 0 Å². The van der Waals surface area contributed by atoms with Crippen molar-refractivity contribution in [2.75, 3.05) is 13.1 Å². The van der Waals surface area contributed by atoms with Crippen LogP contribution in [0.15, 0.2) is 22.8 Å². The van der Waals surface area contributed by atoms with Gasteiger partial charge in [0.1, 0.15) is 5.76 Å². The highest BCUT2D eigenvalue weighted by Crippen LogP contribution is 2.03. The molecule has 2 heterocycles. The quantitative estimate of drug-likeness (QED) is 0.708. The number of furan rings is 1. The largest absolute Gasteiger partial charge is 0.467 e. The first-order valence-electron chi connectivity index (χ1n) is 5.62. The summed E-state index contributed by atoms with van der Waals surface area (Å²) in [5.74, 6) is 0.758. The van der Waals surface area contributed by atoms with Crippen LogP contribution in [0.3, 0.4) is 0 Å². The van der Waals surface area contributed by atoms with Crippen LogP contribution in [0.5, 0.6) is 0 Å². The fourth-order valence-corrected chi connectivity index (χ4v) is 1.79. The van der Waals surface area contributed by atoms with Gasteiger partial charge in [-0.05, 0) is 31.5 Å². The van der Waals surface area contributed by atoms with Gasteiger partial charge in [-0.15, -0.1) is 0 Å². The summed E-state index contributed by atoms with van der Waals surface area (Å²) < 4.78 is 5.11. The molecule has 0 spiro atoms. The van der Waals surface area contributed by atoms with E-state index in [0.29, 0.717) is 19.1 Å². The minimum absolute atomic E-state index is 0.148. The lowest BCUT2D eigenvalue weighted by Gasteiger charge is -2.11. The molecule has 0 radical (unpaired) electrons. The van der Waals surface area contributed by atoms with Crippen molar-refractivity contribution in [1.29, 1.82) is 0 Å². The molecule has 5 heteroatoms. The second kappa shape index (κ2) is 5.55. The molecule has 0 bridgehead atoms. The van der Waals surface area contributed by atoms with E-state index in [4.69, 9.17) is 4.42 Å². The zero-order valence-electron chi connectivity index (χ0n) is 9.16. The van der Waals surface area contributed by atoms with Crippen LogP contribution in [0.1, 0.15) is 18.6 Å². The van der Waals surface area contributed by atoms with Crippen molar-refractivity contribution >= 4 is 6.03 Å². The van der Waals surface area contributed by atoms with E-state index in [1.165, 1.54) is 6.42 Å². The first-order valence-corrected chi connectivity index (χ1v) is 5.62. The molecule has 88 valence electrons. The summed E-state index contributed by atoms with van der Waals surface area (Å²) in [4.78, 5) is 11.4. The van der Waals surface area contributed by atoms with Crippen LogP contribution in [0.25, 0.3) is 0 Å². The van der Waals surface area contributed by atoms with Gasteiger partial charge in [0.15, 0.2) is 0 Å². The Morgan fingerprint density at radius 2 is 2.50 bits per heavy atom. The Morgan fingerprint density at radius 3 is 3.19 bits per heavy atom. The van der Waals surface area contributed by atoms with E-state index in [2.05, 4.69) is 16.0 Å². The van der Waals surface area contributed by atoms with Crippen molar-refractivity contribution in [3.63, 3.8) is 0 Å². The lowest BCUT2D eigenvalue weighted by Crippen LogP contribution is -2.42. The highest BCUT2D eigenvalue weighted by Gasteiger charge is 2.14. The molecule has 0 aromatic carbocycles. The van der Waals surface area contributed by atoms with E-state index in [9.17, 15) is 4.79 Å². The molecule has 0 saturated carbocycles. The number of carbonyl (C=O) groups is 1. The maximum atomic E-state index is 11.4. The van der Waals surface area contributed by atoms with Crippen molar-refractivity contribution in [1.82, 2.24) is 16.0 Å². The maximum absolute atomic E-state index is 11.4. The second-order valence-corrected chi connectivity index (χ2v) is 3.94. The second-order valence-electron chi connectivity index (χ2n) is 3.94. The summed E-state index contributed by atoms with van der Waals surface area (Å²) in [5.41, 5.74) is 0. The van der Waals surface area contributed by atoms with Gasteiger partial charge in [-0.3, -0.25) is 0 Å². The summed E-state index contributed by atoms with van der Waals surface area (Å²) in [6.45, 7) is 2.17. The monoisotopic (exact) mass is 223 g/mol. The van der Waals surface area contributed by atoms with Gasteiger partial charge in [0.05, 0.1) is 12.8 Å². The van der Waals surface area contributed by atoms with Crippen LogP contribution in [0.2, 0.25) is 0 Å². The standard InChI is InChI=1S/C11H17N3O2/c15-11(13-7-9-3-1-5-12-9)14-8-10-4-2-6-16-10/h2,4,6,9,12H,1,3,5,7-8H2,(H2,13,14,15). The molecule has 2 amide bonds. The molecule has 1 aromatic rings.